The first kappa shape index (κ1) is 14.6. The number of hydrogen-bond donors (Lipinski definition) is 2. The van der Waals surface area contributed by atoms with Gasteiger partial charge in [0.1, 0.15) is 11.6 Å². The van der Waals surface area contributed by atoms with Crippen molar-refractivity contribution >= 4 is 11.6 Å². The highest BCUT2D eigenvalue weighted by molar-refractivity contribution is 5.49. The number of ether oxygens (including phenoxy) is 1. The molecule has 1 unspecified atom stereocenters. The third-order valence-corrected chi connectivity index (χ3v) is 2.22. The lowest BCUT2D eigenvalue weighted by atomic mass is 10.2. The van der Waals surface area contributed by atoms with Crippen molar-refractivity contribution in [3.8, 4) is 0 Å². The number of nitrogens with zero attached hydrogens (tertiary/aromatic N) is 1. The second-order valence-electron chi connectivity index (χ2n) is 3.87. The molecule has 18 heavy (non-hydrogen) atoms. The number of hydrogen-bond acceptors (Lipinski definition) is 4. The van der Waals surface area contributed by atoms with Gasteiger partial charge in [0.25, 0.3) is 0 Å². The van der Waals surface area contributed by atoms with Gasteiger partial charge in [0.2, 0.25) is 0 Å². The van der Waals surface area contributed by atoms with Crippen molar-refractivity contribution < 1.29 is 17.9 Å². The van der Waals surface area contributed by atoms with E-state index in [4.69, 9.17) is 4.74 Å². The van der Waals surface area contributed by atoms with Crippen LogP contribution in [0.4, 0.5) is 24.8 Å². The number of aromatic nitrogens is 1. The Morgan fingerprint density at radius 3 is 2.44 bits per heavy atom. The average molecular weight is 263 g/mol. The van der Waals surface area contributed by atoms with Gasteiger partial charge in [-0.25, -0.2) is 4.98 Å². The third kappa shape index (κ3) is 4.06. The third-order valence-electron chi connectivity index (χ3n) is 2.22. The molecule has 0 aliphatic heterocycles. The van der Waals surface area contributed by atoms with Gasteiger partial charge in [0.15, 0.2) is 0 Å². The SMILES string of the molecule is CNc1cc(C(F)(F)F)cc(NC(C)COC)n1. The standard InChI is InChI=1S/C11H16F3N3O/c1-7(6-18-3)16-10-5-8(11(12,13)14)4-9(15-2)17-10/h4-5,7H,6H2,1-3H3,(H2,15,16,17). The maximum Gasteiger partial charge on any atom is 0.416 e. The van der Waals surface area contributed by atoms with Gasteiger partial charge in [-0.3, -0.25) is 0 Å². The molecular weight excluding hydrogens is 247 g/mol. The Labute approximate surface area is 104 Å². The number of pyridine rings is 1. The van der Waals surface area contributed by atoms with Crippen molar-refractivity contribution in [1.82, 2.24) is 4.98 Å². The van der Waals surface area contributed by atoms with Gasteiger partial charge in [-0.2, -0.15) is 13.2 Å². The van der Waals surface area contributed by atoms with Crippen molar-refractivity contribution in [3.63, 3.8) is 0 Å². The summed E-state index contributed by atoms with van der Waals surface area (Å²) in [4.78, 5) is 4.01. The van der Waals surface area contributed by atoms with E-state index >= 15 is 0 Å². The Morgan fingerprint density at radius 2 is 1.94 bits per heavy atom. The number of alkyl halides is 3. The Kier molecular flexibility index (Phi) is 4.77. The lowest BCUT2D eigenvalue weighted by molar-refractivity contribution is -0.137. The van der Waals surface area contributed by atoms with Gasteiger partial charge in [0.05, 0.1) is 12.2 Å². The quantitative estimate of drug-likeness (QED) is 0.857. The number of methoxy groups -OCH3 is 1. The van der Waals surface area contributed by atoms with Crippen LogP contribution in [-0.2, 0) is 10.9 Å². The van der Waals surface area contributed by atoms with E-state index < -0.39 is 11.7 Å². The maximum absolute atomic E-state index is 12.7. The van der Waals surface area contributed by atoms with Gasteiger partial charge >= 0.3 is 6.18 Å². The number of rotatable bonds is 5. The molecule has 0 radical (unpaired) electrons. The average Bonchev–Trinajstić information content (AvgIpc) is 2.27. The predicted octanol–water partition coefficient (Wildman–Crippen LogP) is 2.59. The number of halogens is 3. The molecule has 0 aliphatic carbocycles. The van der Waals surface area contributed by atoms with E-state index in [2.05, 4.69) is 15.6 Å². The van der Waals surface area contributed by atoms with Crippen LogP contribution < -0.4 is 10.6 Å². The van der Waals surface area contributed by atoms with Gasteiger partial charge in [-0.1, -0.05) is 0 Å². The summed E-state index contributed by atoms with van der Waals surface area (Å²) in [5, 5.41) is 5.46. The van der Waals surface area contributed by atoms with E-state index in [1.54, 1.807) is 6.92 Å². The smallest absolute Gasteiger partial charge is 0.383 e. The van der Waals surface area contributed by atoms with E-state index in [-0.39, 0.29) is 17.7 Å². The molecule has 7 heteroatoms. The molecular formula is C11H16F3N3O. The molecule has 0 saturated heterocycles. The van der Waals surface area contributed by atoms with E-state index in [9.17, 15) is 13.2 Å². The fraction of sp³-hybridized carbons (Fsp3) is 0.545. The highest BCUT2D eigenvalue weighted by Crippen LogP contribution is 2.32. The van der Waals surface area contributed by atoms with Crippen LogP contribution in [0.2, 0.25) is 0 Å². The number of nitrogens with one attached hydrogen (secondary N) is 2. The normalized spacial score (nSPS) is 13.2. The minimum Gasteiger partial charge on any atom is -0.383 e. The summed E-state index contributed by atoms with van der Waals surface area (Å²) in [5.74, 6) is 0.329. The summed E-state index contributed by atoms with van der Waals surface area (Å²) < 4.78 is 42.9. The molecule has 0 saturated carbocycles. The summed E-state index contributed by atoms with van der Waals surface area (Å²) in [7, 11) is 3.04. The van der Waals surface area contributed by atoms with Gasteiger partial charge in [0, 0.05) is 20.2 Å². The minimum atomic E-state index is -4.39. The largest absolute Gasteiger partial charge is 0.416 e. The Bertz CT molecular complexity index is 396. The van der Waals surface area contributed by atoms with Crippen LogP contribution in [-0.4, -0.2) is 31.8 Å². The highest BCUT2D eigenvalue weighted by Gasteiger charge is 2.31. The molecule has 0 amide bonds. The molecule has 1 rings (SSSR count). The molecule has 1 heterocycles. The van der Waals surface area contributed by atoms with E-state index in [0.29, 0.717) is 6.61 Å². The van der Waals surface area contributed by atoms with Crippen molar-refractivity contribution in [2.45, 2.75) is 19.1 Å². The minimum absolute atomic E-state index is 0.129. The Morgan fingerprint density at radius 1 is 1.33 bits per heavy atom. The fourth-order valence-corrected chi connectivity index (χ4v) is 1.44. The highest BCUT2D eigenvalue weighted by atomic mass is 19.4. The van der Waals surface area contributed by atoms with Crippen LogP contribution in [0.1, 0.15) is 12.5 Å². The van der Waals surface area contributed by atoms with Crippen LogP contribution in [0.5, 0.6) is 0 Å². The first-order chi connectivity index (χ1) is 8.36. The molecule has 4 nitrogen and oxygen atoms in total. The topological polar surface area (TPSA) is 46.2 Å². The van der Waals surface area contributed by atoms with Crippen molar-refractivity contribution in [2.24, 2.45) is 0 Å². The zero-order chi connectivity index (χ0) is 13.8. The number of anilines is 2. The van der Waals surface area contributed by atoms with E-state index in [1.165, 1.54) is 14.2 Å². The van der Waals surface area contributed by atoms with Gasteiger partial charge < -0.3 is 15.4 Å². The molecule has 0 fully saturated rings. The first-order valence-corrected chi connectivity index (χ1v) is 5.39. The summed E-state index contributed by atoms with van der Waals surface area (Å²) >= 11 is 0. The van der Waals surface area contributed by atoms with Gasteiger partial charge in [-0.05, 0) is 19.1 Å². The fourth-order valence-electron chi connectivity index (χ4n) is 1.44. The second kappa shape index (κ2) is 5.90. The summed E-state index contributed by atoms with van der Waals surface area (Å²) in [6.07, 6.45) is -4.39. The zero-order valence-electron chi connectivity index (χ0n) is 10.4. The van der Waals surface area contributed by atoms with Crippen LogP contribution in [0.15, 0.2) is 12.1 Å². The second-order valence-corrected chi connectivity index (χ2v) is 3.87. The Balaban J connectivity index is 2.97. The zero-order valence-corrected chi connectivity index (χ0v) is 10.4. The van der Waals surface area contributed by atoms with Crippen LogP contribution in [0.3, 0.4) is 0 Å². The molecule has 2 N–H and O–H groups in total. The van der Waals surface area contributed by atoms with Gasteiger partial charge in [-0.15, -0.1) is 0 Å². The van der Waals surface area contributed by atoms with Crippen molar-refractivity contribution in [3.05, 3.63) is 17.7 Å². The van der Waals surface area contributed by atoms with E-state index in [0.717, 1.165) is 12.1 Å². The lowest BCUT2D eigenvalue weighted by Crippen LogP contribution is -2.22. The summed E-state index contributed by atoms with van der Waals surface area (Å²) in [6, 6.07) is 1.81. The molecule has 0 aliphatic rings. The van der Waals surface area contributed by atoms with Crippen molar-refractivity contribution in [2.75, 3.05) is 31.4 Å². The predicted molar refractivity (Wildman–Crippen MR) is 63.7 cm³/mol. The molecule has 1 aromatic rings. The molecule has 0 aromatic carbocycles. The summed E-state index contributed by atoms with van der Waals surface area (Å²) in [6.45, 7) is 2.18. The molecule has 0 spiro atoms. The Hall–Kier alpha value is -1.50. The van der Waals surface area contributed by atoms with Crippen LogP contribution in [0, 0.1) is 0 Å². The van der Waals surface area contributed by atoms with Crippen molar-refractivity contribution in [1.29, 1.82) is 0 Å². The summed E-state index contributed by atoms with van der Waals surface area (Å²) in [5.41, 5.74) is -0.742. The van der Waals surface area contributed by atoms with Crippen LogP contribution >= 0.6 is 0 Å². The van der Waals surface area contributed by atoms with E-state index in [1.807, 2.05) is 0 Å². The monoisotopic (exact) mass is 263 g/mol. The molecule has 102 valence electrons. The van der Waals surface area contributed by atoms with Crippen LogP contribution in [0.25, 0.3) is 0 Å². The lowest BCUT2D eigenvalue weighted by Gasteiger charge is -2.16. The first-order valence-electron chi connectivity index (χ1n) is 5.39. The maximum atomic E-state index is 12.7. The molecule has 0 bridgehead atoms. The molecule has 1 atom stereocenters. The molecule has 1 aromatic heterocycles.